The molecule has 0 unspecified atom stereocenters. The van der Waals surface area contributed by atoms with E-state index in [0.29, 0.717) is 43.2 Å². The molecular weight excluding hydrogens is 453 g/mol. The van der Waals surface area contributed by atoms with Gasteiger partial charge < -0.3 is 19.5 Å². The second kappa shape index (κ2) is 9.36. The molecule has 0 radical (unpaired) electrons. The van der Waals surface area contributed by atoms with Crippen LogP contribution in [0.2, 0.25) is 5.02 Å². The van der Waals surface area contributed by atoms with Gasteiger partial charge in [0, 0.05) is 19.3 Å². The van der Waals surface area contributed by atoms with Crippen LogP contribution in [0.3, 0.4) is 0 Å². The average molecular weight is 476 g/mol. The fourth-order valence-corrected chi connectivity index (χ4v) is 4.70. The third-order valence-corrected chi connectivity index (χ3v) is 6.36. The van der Waals surface area contributed by atoms with Crippen molar-refractivity contribution in [1.82, 2.24) is 14.3 Å². The zero-order valence-corrected chi connectivity index (χ0v) is 18.7. The number of piperidine rings is 1. The summed E-state index contributed by atoms with van der Waals surface area (Å²) in [5.74, 6) is -0.266. The molecule has 8 nitrogen and oxygen atoms in total. The fourth-order valence-electron chi connectivity index (χ4n) is 4.54. The smallest absolute Gasteiger partial charge is 0.290 e. The zero-order valence-electron chi connectivity index (χ0n) is 18.0. The molecule has 2 aliphatic heterocycles. The van der Waals surface area contributed by atoms with Gasteiger partial charge in [0.1, 0.15) is 11.4 Å². The second-order valence-corrected chi connectivity index (χ2v) is 8.28. The number of benzene rings is 1. The number of hydrogen-bond acceptors (Lipinski definition) is 5. The van der Waals surface area contributed by atoms with Crippen LogP contribution in [-0.2, 0) is 21.6 Å². The van der Waals surface area contributed by atoms with Crippen molar-refractivity contribution in [1.29, 1.82) is 0 Å². The first-order valence-corrected chi connectivity index (χ1v) is 10.8. The van der Waals surface area contributed by atoms with Crippen LogP contribution >= 0.6 is 11.6 Å². The number of fused-ring (bicyclic) bond motifs is 3. The molecule has 174 valence electrons. The summed E-state index contributed by atoms with van der Waals surface area (Å²) in [6, 6.07) is 9.29. The Morgan fingerprint density at radius 3 is 2.73 bits per heavy atom. The molecule has 33 heavy (non-hydrogen) atoms. The Morgan fingerprint density at radius 2 is 2.03 bits per heavy atom. The van der Waals surface area contributed by atoms with E-state index >= 15 is 0 Å². The predicted molar refractivity (Wildman–Crippen MR) is 118 cm³/mol. The molecule has 1 fully saturated rings. The highest BCUT2D eigenvalue weighted by atomic mass is 35.5. The van der Waals surface area contributed by atoms with Crippen LogP contribution in [0.4, 0.5) is 4.39 Å². The lowest BCUT2D eigenvalue weighted by Gasteiger charge is -2.45. The van der Waals surface area contributed by atoms with Gasteiger partial charge in [0.25, 0.3) is 12.4 Å². The van der Waals surface area contributed by atoms with Crippen LogP contribution < -0.4 is 4.74 Å². The molecule has 0 aliphatic carbocycles. The molecule has 5 rings (SSSR count). The van der Waals surface area contributed by atoms with Crippen molar-refractivity contribution in [2.45, 2.75) is 24.9 Å². The number of aromatic nitrogens is 2. The normalized spacial score (nSPS) is 16.6. The van der Waals surface area contributed by atoms with Gasteiger partial charge in [-0.05, 0) is 54.7 Å². The first-order valence-electron chi connectivity index (χ1n) is 10.4. The number of pyridine rings is 1. The summed E-state index contributed by atoms with van der Waals surface area (Å²) in [6.45, 7) is 1.33. The average Bonchev–Trinajstić information content (AvgIpc) is 3.15. The summed E-state index contributed by atoms with van der Waals surface area (Å²) in [4.78, 5) is 27.2. The fraction of sp³-hybridized carbons (Fsp3) is 0.348. The van der Waals surface area contributed by atoms with Gasteiger partial charge in [-0.25, -0.2) is 4.98 Å². The van der Waals surface area contributed by atoms with Gasteiger partial charge in [-0.1, -0.05) is 17.7 Å². The van der Waals surface area contributed by atoms with Crippen LogP contribution in [0.5, 0.6) is 5.75 Å². The number of rotatable bonds is 2. The van der Waals surface area contributed by atoms with Gasteiger partial charge in [0.05, 0.1) is 24.3 Å². The quantitative estimate of drug-likeness (QED) is 0.570. The molecule has 3 aromatic rings. The molecule has 0 bridgehead atoms. The van der Waals surface area contributed by atoms with E-state index in [1.807, 2.05) is 6.07 Å². The van der Waals surface area contributed by atoms with E-state index in [-0.39, 0.29) is 12.2 Å². The Kier molecular flexibility index (Phi) is 6.53. The Morgan fingerprint density at radius 1 is 1.30 bits per heavy atom. The van der Waals surface area contributed by atoms with Crippen LogP contribution in [0, 0.1) is 5.95 Å². The van der Waals surface area contributed by atoms with E-state index in [1.54, 1.807) is 24.1 Å². The van der Waals surface area contributed by atoms with Crippen LogP contribution in [0.1, 0.15) is 34.5 Å². The lowest BCUT2D eigenvalue weighted by atomic mass is 9.79. The van der Waals surface area contributed by atoms with Crippen molar-refractivity contribution in [3.05, 3.63) is 64.3 Å². The van der Waals surface area contributed by atoms with Crippen molar-refractivity contribution in [2.24, 2.45) is 0 Å². The topological polar surface area (TPSA) is 93.4 Å². The van der Waals surface area contributed by atoms with Gasteiger partial charge in [0.2, 0.25) is 5.95 Å². The summed E-state index contributed by atoms with van der Waals surface area (Å²) < 4.78 is 27.6. The molecule has 2 aliphatic rings. The number of methoxy groups -OCH3 is 1. The number of hydrogen-bond donors (Lipinski definition) is 1. The van der Waals surface area contributed by atoms with E-state index in [2.05, 4.69) is 17.1 Å². The monoisotopic (exact) mass is 475 g/mol. The molecule has 0 atom stereocenters. The van der Waals surface area contributed by atoms with Gasteiger partial charge in [-0.15, -0.1) is 0 Å². The number of likely N-dealkylation sites (tertiary alicyclic amines) is 1. The minimum Gasteiger partial charge on any atom is -0.497 e. The van der Waals surface area contributed by atoms with Gasteiger partial charge in [-0.3, -0.25) is 14.0 Å². The Hall–Kier alpha value is -3.17. The second-order valence-electron chi connectivity index (χ2n) is 7.84. The Bertz CT molecular complexity index is 1190. The molecule has 1 amide bonds. The maximum absolute atomic E-state index is 14.8. The lowest BCUT2D eigenvalue weighted by molar-refractivity contribution is -0.122. The van der Waals surface area contributed by atoms with Crippen molar-refractivity contribution >= 4 is 29.6 Å². The number of carbonyl (C=O) groups excluding carboxylic acids is 1. The summed E-state index contributed by atoms with van der Waals surface area (Å²) in [7, 11) is 1.66. The number of carboxylic acid groups (broad SMARTS) is 1. The summed E-state index contributed by atoms with van der Waals surface area (Å²) >= 11 is 5.94. The van der Waals surface area contributed by atoms with E-state index in [0.717, 1.165) is 17.7 Å². The van der Waals surface area contributed by atoms with Gasteiger partial charge in [0.15, 0.2) is 5.69 Å². The molecule has 10 heteroatoms. The minimum absolute atomic E-state index is 0.178. The Balaban J connectivity index is 0.000000821. The Labute approximate surface area is 194 Å². The van der Waals surface area contributed by atoms with E-state index < -0.39 is 17.5 Å². The number of nitrogens with zero attached hydrogens (tertiary/aromatic N) is 3. The summed E-state index contributed by atoms with van der Waals surface area (Å²) in [5, 5.41) is 7.27. The van der Waals surface area contributed by atoms with Crippen molar-refractivity contribution in [2.75, 3.05) is 26.8 Å². The molecule has 1 spiro atoms. The third kappa shape index (κ3) is 4.26. The largest absolute Gasteiger partial charge is 0.497 e. The van der Waals surface area contributed by atoms with E-state index in [1.165, 1.54) is 16.2 Å². The highest BCUT2D eigenvalue weighted by Gasteiger charge is 2.42. The highest BCUT2D eigenvalue weighted by Crippen LogP contribution is 2.42. The van der Waals surface area contributed by atoms with Crippen LogP contribution in [-0.4, -0.2) is 58.6 Å². The number of imidazole rings is 1. The summed E-state index contributed by atoms with van der Waals surface area (Å²) in [5.41, 5.74) is 2.15. The van der Waals surface area contributed by atoms with Gasteiger partial charge >= 0.3 is 0 Å². The molecule has 1 saturated heterocycles. The lowest BCUT2D eigenvalue weighted by Crippen LogP contribution is -2.48. The maximum atomic E-state index is 14.8. The van der Waals surface area contributed by atoms with Crippen molar-refractivity contribution in [3.8, 4) is 5.75 Å². The third-order valence-electron chi connectivity index (χ3n) is 6.14. The van der Waals surface area contributed by atoms with E-state index in [9.17, 15) is 9.18 Å². The summed E-state index contributed by atoms with van der Waals surface area (Å²) in [6.07, 6.45) is 3.56. The highest BCUT2D eigenvalue weighted by molar-refractivity contribution is 6.30. The number of ether oxygens (including phenoxy) is 2. The molecule has 1 N–H and O–H groups in total. The zero-order chi connectivity index (χ0) is 23.6. The standard InChI is InChI=1S/C22H21ClFN3O3.CH2O2/c1-29-16-3-4-17-14(12-16)6-11-30-22(17)7-9-26(10-8-22)21(28)19-20(24)27-13-15(23)2-5-18(27)25-19;2-1-3/h2-5,12-13H,6-11H2,1H3;1H,(H,2,3). The SMILES string of the molecule is COc1ccc2c(c1)CCOC21CCN(C(=O)c2nc3ccc(Cl)cn3c2F)CC1.O=CO. The predicted octanol–water partition coefficient (Wildman–Crippen LogP) is 3.54. The maximum Gasteiger partial charge on any atom is 0.290 e. The molecule has 1 aromatic carbocycles. The number of carbonyl (C=O) groups is 2. The molecule has 2 aromatic heterocycles. The van der Waals surface area contributed by atoms with Crippen molar-refractivity contribution in [3.63, 3.8) is 0 Å². The van der Waals surface area contributed by atoms with Crippen LogP contribution in [0.25, 0.3) is 5.65 Å². The van der Waals surface area contributed by atoms with Crippen molar-refractivity contribution < 1.29 is 28.6 Å². The van der Waals surface area contributed by atoms with E-state index in [4.69, 9.17) is 31.0 Å². The number of amides is 1. The first-order chi connectivity index (χ1) is 15.9. The van der Waals surface area contributed by atoms with Crippen LogP contribution in [0.15, 0.2) is 36.5 Å². The first kappa shape index (κ1) is 23.0. The molecule has 4 heterocycles. The molecular formula is C23H23ClFN3O5. The van der Waals surface area contributed by atoms with Gasteiger partial charge in [-0.2, -0.15) is 4.39 Å². The molecule has 0 saturated carbocycles. The number of halogens is 2. The minimum atomic E-state index is -0.691.